The SMILES string of the molecule is O=C(/C=C/c1ccc(Cl)s1)Nc1ccc(N2CCOCC2)cc1. The number of carbonyl (C=O) groups is 1. The van der Waals surface area contributed by atoms with Crippen LogP contribution >= 0.6 is 22.9 Å². The maximum atomic E-state index is 11.9. The lowest BCUT2D eigenvalue weighted by molar-refractivity contribution is -0.111. The predicted molar refractivity (Wildman–Crippen MR) is 96.5 cm³/mol. The van der Waals surface area contributed by atoms with Gasteiger partial charge < -0.3 is 15.0 Å². The van der Waals surface area contributed by atoms with Crippen LogP contribution in [0.25, 0.3) is 6.08 Å². The largest absolute Gasteiger partial charge is 0.378 e. The van der Waals surface area contributed by atoms with Crippen molar-refractivity contribution in [1.29, 1.82) is 0 Å². The number of morpholine rings is 1. The highest BCUT2D eigenvalue weighted by atomic mass is 35.5. The molecule has 1 aromatic carbocycles. The number of benzene rings is 1. The van der Waals surface area contributed by atoms with E-state index >= 15 is 0 Å². The van der Waals surface area contributed by atoms with Gasteiger partial charge in [0.05, 0.1) is 17.6 Å². The maximum Gasteiger partial charge on any atom is 0.248 e. The summed E-state index contributed by atoms with van der Waals surface area (Å²) >= 11 is 7.29. The fourth-order valence-corrected chi connectivity index (χ4v) is 3.30. The molecule has 0 saturated carbocycles. The molecule has 1 saturated heterocycles. The Bertz CT molecular complexity index is 691. The van der Waals surface area contributed by atoms with Gasteiger partial charge in [0.1, 0.15) is 0 Å². The summed E-state index contributed by atoms with van der Waals surface area (Å²) in [6.07, 6.45) is 3.27. The molecule has 6 heteroatoms. The normalized spacial score (nSPS) is 15.1. The van der Waals surface area contributed by atoms with Crippen LogP contribution in [0.2, 0.25) is 4.34 Å². The summed E-state index contributed by atoms with van der Waals surface area (Å²) in [6, 6.07) is 11.6. The summed E-state index contributed by atoms with van der Waals surface area (Å²) in [5, 5.41) is 2.85. The average Bonchev–Trinajstić information content (AvgIpc) is 3.00. The second-order valence-corrected chi connectivity index (χ2v) is 6.86. The molecule has 0 unspecified atom stereocenters. The Balaban J connectivity index is 1.57. The van der Waals surface area contributed by atoms with E-state index in [1.54, 1.807) is 6.08 Å². The van der Waals surface area contributed by atoms with E-state index < -0.39 is 0 Å². The van der Waals surface area contributed by atoms with Crippen LogP contribution in [0, 0.1) is 0 Å². The van der Waals surface area contributed by atoms with Crippen molar-refractivity contribution < 1.29 is 9.53 Å². The van der Waals surface area contributed by atoms with E-state index in [4.69, 9.17) is 16.3 Å². The molecule has 1 fully saturated rings. The Hall–Kier alpha value is -1.82. The van der Waals surface area contributed by atoms with E-state index in [-0.39, 0.29) is 5.91 Å². The second kappa shape index (κ2) is 7.64. The minimum Gasteiger partial charge on any atom is -0.378 e. The minimum atomic E-state index is -0.159. The summed E-state index contributed by atoms with van der Waals surface area (Å²) in [6.45, 7) is 3.32. The molecular weight excluding hydrogens is 332 g/mol. The van der Waals surface area contributed by atoms with E-state index in [9.17, 15) is 4.79 Å². The highest BCUT2D eigenvalue weighted by molar-refractivity contribution is 7.17. The van der Waals surface area contributed by atoms with Gasteiger partial charge in [-0.1, -0.05) is 11.6 Å². The van der Waals surface area contributed by atoms with Crippen molar-refractivity contribution in [2.24, 2.45) is 0 Å². The molecule has 0 aliphatic carbocycles. The lowest BCUT2D eigenvalue weighted by Crippen LogP contribution is -2.36. The number of ether oxygens (including phenoxy) is 1. The lowest BCUT2D eigenvalue weighted by Gasteiger charge is -2.28. The third-order valence-electron chi connectivity index (χ3n) is 3.50. The average molecular weight is 349 g/mol. The smallest absolute Gasteiger partial charge is 0.248 e. The van der Waals surface area contributed by atoms with Crippen LogP contribution in [0.4, 0.5) is 11.4 Å². The fourth-order valence-electron chi connectivity index (χ4n) is 2.34. The summed E-state index contributed by atoms with van der Waals surface area (Å²) in [5.74, 6) is -0.159. The molecule has 23 heavy (non-hydrogen) atoms. The molecule has 4 nitrogen and oxygen atoms in total. The topological polar surface area (TPSA) is 41.6 Å². The molecule has 1 aliphatic rings. The van der Waals surface area contributed by atoms with E-state index in [0.29, 0.717) is 4.34 Å². The Morgan fingerprint density at radius 1 is 1.17 bits per heavy atom. The van der Waals surface area contributed by atoms with Crippen LogP contribution in [0.15, 0.2) is 42.5 Å². The fraction of sp³-hybridized carbons (Fsp3) is 0.235. The molecule has 2 heterocycles. The number of carbonyl (C=O) groups excluding carboxylic acids is 1. The molecule has 1 N–H and O–H groups in total. The molecule has 0 bridgehead atoms. The van der Waals surface area contributed by atoms with Crippen molar-refractivity contribution in [3.05, 3.63) is 51.7 Å². The van der Waals surface area contributed by atoms with E-state index in [1.807, 2.05) is 36.4 Å². The molecule has 1 amide bonds. The second-order valence-electron chi connectivity index (χ2n) is 5.11. The maximum absolute atomic E-state index is 11.9. The molecule has 0 spiro atoms. The highest BCUT2D eigenvalue weighted by Crippen LogP contribution is 2.22. The van der Waals surface area contributed by atoms with Crippen molar-refractivity contribution in [3.63, 3.8) is 0 Å². The van der Waals surface area contributed by atoms with Crippen molar-refractivity contribution in [2.45, 2.75) is 0 Å². The zero-order valence-electron chi connectivity index (χ0n) is 12.5. The monoisotopic (exact) mass is 348 g/mol. The highest BCUT2D eigenvalue weighted by Gasteiger charge is 2.10. The molecule has 1 aliphatic heterocycles. The first-order valence-corrected chi connectivity index (χ1v) is 8.57. The van der Waals surface area contributed by atoms with Gasteiger partial charge in [-0.15, -0.1) is 11.3 Å². The number of hydrogen-bond acceptors (Lipinski definition) is 4. The number of amides is 1. The van der Waals surface area contributed by atoms with Gasteiger partial charge in [0, 0.05) is 35.4 Å². The Labute approximate surface area is 144 Å². The zero-order chi connectivity index (χ0) is 16.1. The quantitative estimate of drug-likeness (QED) is 0.852. The molecule has 0 radical (unpaired) electrons. The Morgan fingerprint density at radius 3 is 2.57 bits per heavy atom. The van der Waals surface area contributed by atoms with E-state index in [0.717, 1.165) is 42.6 Å². The summed E-state index contributed by atoms with van der Waals surface area (Å²) in [7, 11) is 0. The van der Waals surface area contributed by atoms with Gasteiger partial charge in [-0.2, -0.15) is 0 Å². The number of nitrogens with zero attached hydrogens (tertiary/aromatic N) is 1. The summed E-state index contributed by atoms with van der Waals surface area (Å²) in [5.41, 5.74) is 1.93. The van der Waals surface area contributed by atoms with Crippen LogP contribution in [0.3, 0.4) is 0 Å². The van der Waals surface area contributed by atoms with Crippen molar-refractivity contribution in [1.82, 2.24) is 0 Å². The Morgan fingerprint density at radius 2 is 1.91 bits per heavy atom. The molecule has 120 valence electrons. The van der Waals surface area contributed by atoms with Crippen LogP contribution in [0.5, 0.6) is 0 Å². The first-order chi connectivity index (χ1) is 11.2. The zero-order valence-corrected chi connectivity index (χ0v) is 14.1. The summed E-state index contributed by atoms with van der Waals surface area (Å²) in [4.78, 5) is 15.2. The number of halogens is 1. The first kappa shape index (κ1) is 16.1. The van der Waals surface area contributed by atoms with Gasteiger partial charge in [0.2, 0.25) is 5.91 Å². The minimum absolute atomic E-state index is 0.159. The molecular formula is C17H17ClN2O2S. The molecule has 0 atom stereocenters. The van der Waals surface area contributed by atoms with Gasteiger partial charge >= 0.3 is 0 Å². The number of anilines is 2. The number of hydrogen-bond donors (Lipinski definition) is 1. The van der Waals surface area contributed by atoms with Gasteiger partial charge in [0.15, 0.2) is 0 Å². The third-order valence-corrected chi connectivity index (χ3v) is 4.70. The van der Waals surface area contributed by atoms with Crippen LogP contribution in [0.1, 0.15) is 4.88 Å². The van der Waals surface area contributed by atoms with Gasteiger partial charge in [-0.25, -0.2) is 0 Å². The van der Waals surface area contributed by atoms with Gasteiger partial charge in [0.25, 0.3) is 0 Å². The summed E-state index contributed by atoms with van der Waals surface area (Å²) < 4.78 is 6.06. The van der Waals surface area contributed by atoms with Crippen molar-refractivity contribution >= 4 is 46.3 Å². The number of thiophene rings is 1. The predicted octanol–water partition coefficient (Wildman–Crippen LogP) is 3.89. The van der Waals surface area contributed by atoms with E-state index in [1.165, 1.54) is 17.4 Å². The van der Waals surface area contributed by atoms with Crippen LogP contribution in [-0.4, -0.2) is 32.2 Å². The number of nitrogens with one attached hydrogen (secondary N) is 1. The Kier molecular flexibility index (Phi) is 5.33. The molecule has 1 aromatic heterocycles. The van der Waals surface area contributed by atoms with Gasteiger partial charge in [-0.05, 0) is 42.5 Å². The van der Waals surface area contributed by atoms with Crippen LogP contribution in [-0.2, 0) is 9.53 Å². The van der Waals surface area contributed by atoms with Gasteiger partial charge in [-0.3, -0.25) is 4.79 Å². The molecule has 2 aromatic rings. The van der Waals surface area contributed by atoms with Crippen molar-refractivity contribution in [3.8, 4) is 0 Å². The third kappa shape index (κ3) is 4.58. The standard InChI is InChI=1S/C17H17ClN2O2S/c18-16-7-5-15(23-16)6-8-17(21)19-13-1-3-14(4-2-13)20-9-11-22-12-10-20/h1-8H,9-12H2,(H,19,21)/b8-6+. The van der Waals surface area contributed by atoms with E-state index in [2.05, 4.69) is 10.2 Å². The van der Waals surface area contributed by atoms with Crippen LogP contribution < -0.4 is 10.2 Å². The van der Waals surface area contributed by atoms with Crippen molar-refractivity contribution in [2.75, 3.05) is 36.5 Å². The first-order valence-electron chi connectivity index (χ1n) is 7.38. The number of rotatable bonds is 4. The lowest BCUT2D eigenvalue weighted by atomic mass is 10.2. The molecule has 3 rings (SSSR count).